The van der Waals surface area contributed by atoms with Crippen molar-refractivity contribution < 1.29 is 9.47 Å². The number of nitrogens with one attached hydrogen (secondary N) is 1. The van der Waals surface area contributed by atoms with Crippen molar-refractivity contribution in [1.82, 2.24) is 5.32 Å². The van der Waals surface area contributed by atoms with E-state index < -0.39 is 0 Å². The minimum absolute atomic E-state index is 0. The number of benzene rings is 1. The van der Waals surface area contributed by atoms with Crippen LogP contribution in [0, 0.1) is 0 Å². The predicted molar refractivity (Wildman–Crippen MR) is 77.7 cm³/mol. The van der Waals surface area contributed by atoms with Crippen LogP contribution in [0.15, 0.2) is 30.3 Å². The van der Waals surface area contributed by atoms with Crippen LogP contribution in [0.1, 0.15) is 24.8 Å². The Morgan fingerprint density at radius 3 is 2.68 bits per heavy atom. The Hall–Kier alpha value is -0.610. The number of rotatable bonds is 3. The van der Waals surface area contributed by atoms with Crippen molar-refractivity contribution >= 4 is 12.4 Å². The summed E-state index contributed by atoms with van der Waals surface area (Å²) in [4.78, 5) is 0. The van der Waals surface area contributed by atoms with Gasteiger partial charge < -0.3 is 14.8 Å². The molecule has 3 rings (SSSR count). The molecule has 2 fully saturated rings. The molecule has 0 saturated carbocycles. The summed E-state index contributed by atoms with van der Waals surface area (Å²) in [5.74, 6) is 0. The number of ether oxygens (including phenoxy) is 2. The molecular weight excluding hydrogens is 262 g/mol. The van der Waals surface area contributed by atoms with Crippen molar-refractivity contribution in [2.75, 3.05) is 19.7 Å². The molecular formula is C15H22ClNO2. The van der Waals surface area contributed by atoms with E-state index in [4.69, 9.17) is 9.47 Å². The highest BCUT2D eigenvalue weighted by atomic mass is 35.5. The fourth-order valence-corrected chi connectivity index (χ4v) is 2.93. The summed E-state index contributed by atoms with van der Waals surface area (Å²) < 4.78 is 12.0. The lowest BCUT2D eigenvalue weighted by Crippen LogP contribution is -2.41. The lowest BCUT2D eigenvalue weighted by atomic mass is 9.89. The van der Waals surface area contributed by atoms with E-state index in [0.29, 0.717) is 6.61 Å². The molecule has 0 aromatic heterocycles. The van der Waals surface area contributed by atoms with E-state index in [0.717, 1.165) is 39.0 Å². The number of hydrogen-bond donors (Lipinski definition) is 1. The van der Waals surface area contributed by atoms with E-state index in [-0.39, 0.29) is 24.1 Å². The number of halogens is 1. The fraction of sp³-hybridized carbons (Fsp3) is 0.600. The second-order valence-electron chi connectivity index (χ2n) is 5.37. The summed E-state index contributed by atoms with van der Waals surface area (Å²) in [6, 6.07) is 10.4. The van der Waals surface area contributed by atoms with E-state index in [1.807, 2.05) is 6.07 Å². The minimum atomic E-state index is 0. The van der Waals surface area contributed by atoms with Crippen LogP contribution in [0.5, 0.6) is 0 Å². The molecule has 0 aliphatic carbocycles. The van der Waals surface area contributed by atoms with Gasteiger partial charge in [-0.3, -0.25) is 0 Å². The molecule has 106 valence electrons. The van der Waals surface area contributed by atoms with E-state index in [2.05, 4.69) is 29.6 Å². The molecule has 3 nitrogen and oxygen atoms in total. The van der Waals surface area contributed by atoms with Crippen LogP contribution in [-0.4, -0.2) is 31.4 Å². The lowest BCUT2D eigenvalue weighted by molar-refractivity contribution is -0.0240. The van der Waals surface area contributed by atoms with Crippen LogP contribution in [0.4, 0.5) is 0 Å². The highest BCUT2D eigenvalue weighted by Gasteiger charge is 2.41. The average Bonchev–Trinajstić information content (AvgIpc) is 2.82. The van der Waals surface area contributed by atoms with Crippen LogP contribution in [0.2, 0.25) is 0 Å². The monoisotopic (exact) mass is 283 g/mol. The van der Waals surface area contributed by atoms with Crippen LogP contribution in [-0.2, 0) is 16.1 Å². The maximum atomic E-state index is 6.02. The van der Waals surface area contributed by atoms with E-state index >= 15 is 0 Å². The summed E-state index contributed by atoms with van der Waals surface area (Å²) in [6.07, 6.45) is 3.57. The van der Waals surface area contributed by atoms with Gasteiger partial charge in [-0.25, -0.2) is 0 Å². The van der Waals surface area contributed by atoms with Crippen LogP contribution >= 0.6 is 12.4 Å². The molecule has 4 heteroatoms. The van der Waals surface area contributed by atoms with Gasteiger partial charge in [0.1, 0.15) is 0 Å². The predicted octanol–water partition coefficient (Wildman–Crippen LogP) is 2.54. The maximum Gasteiger partial charge on any atom is 0.0840 e. The van der Waals surface area contributed by atoms with Gasteiger partial charge in [0.25, 0.3) is 0 Å². The Bertz CT molecular complexity index is 379. The van der Waals surface area contributed by atoms with Crippen molar-refractivity contribution in [2.24, 2.45) is 0 Å². The van der Waals surface area contributed by atoms with Gasteiger partial charge in [0.05, 0.1) is 24.9 Å². The lowest BCUT2D eigenvalue weighted by Gasteiger charge is -2.32. The average molecular weight is 284 g/mol. The van der Waals surface area contributed by atoms with Crippen molar-refractivity contribution in [2.45, 2.75) is 37.6 Å². The standard InChI is InChI=1S/C15H21NO2.ClH/c1-2-4-13(5-3-1)11-17-14-10-15(18-12-14)6-8-16-9-7-15;/h1-5,14,16H,6-12H2;1H. The Labute approximate surface area is 121 Å². The molecule has 1 atom stereocenters. The largest absolute Gasteiger partial charge is 0.372 e. The molecule has 0 bridgehead atoms. The quantitative estimate of drug-likeness (QED) is 0.925. The summed E-state index contributed by atoms with van der Waals surface area (Å²) in [5, 5.41) is 3.39. The van der Waals surface area contributed by atoms with Gasteiger partial charge in [-0.2, -0.15) is 0 Å². The molecule has 2 aliphatic heterocycles. The molecule has 19 heavy (non-hydrogen) atoms. The van der Waals surface area contributed by atoms with Gasteiger partial charge in [0, 0.05) is 6.42 Å². The molecule has 1 aromatic carbocycles. The Morgan fingerprint density at radius 1 is 1.21 bits per heavy atom. The fourth-order valence-electron chi connectivity index (χ4n) is 2.93. The molecule has 0 radical (unpaired) electrons. The minimum Gasteiger partial charge on any atom is -0.372 e. The van der Waals surface area contributed by atoms with Gasteiger partial charge in [-0.15, -0.1) is 12.4 Å². The van der Waals surface area contributed by atoms with Crippen LogP contribution in [0.3, 0.4) is 0 Å². The zero-order valence-electron chi connectivity index (χ0n) is 11.1. The molecule has 1 N–H and O–H groups in total. The first-order valence-electron chi connectivity index (χ1n) is 6.87. The summed E-state index contributed by atoms with van der Waals surface area (Å²) in [5.41, 5.74) is 1.34. The van der Waals surface area contributed by atoms with Crippen LogP contribution in [0.25, 0.3) is 0 Å². The molecule has 2 aliphatic rings. The van der Waals surface area contributed by atoms with E-state index in [1.165, 1.54) is 5.56 Å². The Kier molecular flexibility index (Phi) is 5.22. The third-order valence-corrected chi connectivity index (χ3v) is 4.02. The summed E-state index contributed by atoms with van der Waals surface area (Å²) in [6.45, 7) is 3.60. The first-order chi connectivity index (χ1) is 8.86. The smallest absolute Gasteiger partial charge is 0.0840 e. The zero-order valence-corrected chi connectivity index (χ0v) is 12.0. The van der Waals surface area contributed by atoms with E-state index in [1.54, 1.807) is 0 Å². The van der Waals surface area contributed by atoms with Crippen molar-refractivity contribution in [3.63, 3.8) is 0 Å². The second-order valence-corrected chi connectivity index (χ2v) is 5.37. The Morgan fingerprint density at radius 2 is 1.95 bits per heavy atom. The van der Waals surface area contributed by atoms with Crippen molar-refractivity contribution in [3.05, 3.63) is 35.9 Å². The zero-order chi connectivity index (χ0) is 12.3. The van der Waals surface area contributed by atoms with Crippen LogP contribution < -0.4 is 5.32 Å². The number of piperidine rings is 1. The SMILES string of the molecule is Cl.c1ccc(COC2COC3(CCNCC3)C2)cc1. The summed E-state index contributed by atoms with van der Waals surface area (Å²) in [7, 11) is 0. The first kappa shape index (κ1) is 14.8. The van der Waals surface area contributed by atoms with Gasteiger partial charge in [0.2, 0.25) is 0 Å². The van der Waals surface area contributed by atoms with Gasteiger partial charge in [-0.05, 0) is 31.5 Å². The maximum absolute atomic E-state index is 6.02. The van der Waals surface area contributed by atoms with E-state index in [9.17, 15) is 0 Å². The molecule has 0 amide bonds. The third-order valence-electron chi connectivity index (χ3n) is 4.02. The number of hydrogen-bond acceptors (Lipinski definition) is 3. The highest BCUT2D eigenvalue weighted by molar-refractivity contribution is 5.85. The normalized spacial score (nSPS) is 25.2. The molecule has 2 saturated heterocycles. The second kappa shape index (κ2) is 6.71. The molecule has 1 aromatic rings. The molecule has 1 unspecified atom stereocenters. The third kappa shape index (κ3) is 3.69. The molecule has 2 heterocycles. The van der Waals surface area contributed by atoms with Gasteiger partial charge in [-0.1, -0.05) is 30.3 Å². The van der Waals surface area contributed by atoms with Gasteiger partial charge >= 0.3 is 0 Å². The Balaban J connectivity index is 0.00000133. The highest BCUT2D eigenvalue weighted by Crippen LogP contribution is 2.35. The molecule has 1 spiro atoms. The van der Waals surface area contributed by atoms with Gasteiger partial charge in [0.15, 0.2) is 0 Å². The summed E-state index contributed by atoms with van der Waals surface area (Å²) >= 11 is 0. The van der Waals surface area contributed by atoms with Crippen molar-refractivity contribution in [1.29, 1.82) is 0 Å². The topological polar surface area (TPSA) is 30.5 Å². The first-order valence-corrected chi connectivity index (χ1v) is 6.87. The van der Waals surface area contributed by atoms with Crippen molar-refractivity contribution in [3.8, 4) is 0 Å².